The monoisotopic (exact) mass is 286 g/mol. The van der Waals surface area contributed by atoms with Crippen molar-refractivity contribution in [3.63, 3.8) is 0 Å². The maximum absolute atomic E-state index is 11.5. The number of rotatable bonds is 6. The number of hydrogen-bond acceptors (Lipinski definition) is 4. The van der Waals surface area contributed by atoms with E-state index in [4.69, 9.17) is 5.73 Å². The summed E-state index contributed by atoms with van der Waals surface area (Å²) in [6.45, 7) is 5.82. The standard InChI is InChI=1S/C12H22N4O2S/c1-9(8-16-4-2-3-5-16)6-14-11(17)12(18)15-7-10(13)19/h9H,2-8H2,1H3,(H2,13,19)(H,14,17)(H,15,18). The zero-order valence-electron chi connectivity index (χ0n) is 11.3. The normalized spacial score (nSPS) is 16.9. The zero-order chi connectivity index (χ0) is 14.3. The highest BCUT2D eigenvalue weighted by atomic mass is 32.1. The minimum Gasteiger partial charge on any atom is -0.392 e. The maximum Gasteiger partial charge on any atom is 0.309 e. The fraction of sp³-hybridized carbons (Fsp3) is 0.750. The molecule has 0 saturated carbocycles. The zero-order valence-corrected chi connectivity index (χ0v) is 12.1. The van der Waals surface area contributed by atoms with E-state index >= 15 is 0 Å². The highest BCUT2D eigenvalue weighted by Crippen LogP contribution is 2.09. The molecule has 0 aromatic rings. The minimum absolute atomic E-state index is 0.0465. The second-order valence-corrected chi connectivity index (χ2v) is 5.50. The van der Waals surface area contributed by atoms with Crippen molar-refractivity contribution in [1.29, 1.82) is 0 Å². The molecule has 2 amide bonds. The van der Waals surface area contributed by atoms with Crippen LogP contribution in [0.3, 0.4) is 0 Å². The highest BCUT2D eigenvalue weighted by Gasteiger charge is 2.17. The van der Waals surface area contributed by atoms with Crippen molar-refractivity contribution < 1.29 is 9.59 Å². The summed E-state index contributed by atoms with van der Waals surface area (Å²) in [5, 5.41) is 4.97. The van der Waals surface area contributed by atoms with E-state index in [9.17, 15) is 9.59 Å². The molecule has 4 N–H and O–H groups in total. The first kappa shape index (κ1) is 15.8. The summed E-state index contributed by atoms with van der Waals surface area (Å²) in [5.41, 5.74) is 5.23. The van der Waals surface area contributed by atoms with Gasteiger partial charge in [-0.3, -0.25) is 9.59 Å². The van der Waals surface area contributed by atoms with E-state index in [1.54, 1.807) is 0 Å². The molecular weight excluding hydrogens is 264 g/mol. The number of nitrogens with two attached hydrogens (primary N) is 1. The van der Waals surface area contributed by atoms with Gasteiger partial charge in [-0.1, -0.05) is 19.1 Å². The van der Waals surface area contributed by atoms with Crippen LogP contribution in [0, 0.1) is 5.92 Å². The molecule has 0 aromatic heterocycles. The van der Waals surface area contributed by atoms with Crippen molar-refractivity contribution >= 4 is 29.0 Å². The first-order valence-electron chi connectivity index (χ1n) is 6.55. The number of carbonyl (C=O) groups is 2. The molecule has 0 radical (unpaired) electrons. The number of thiocarbonyl (C=S) groups is 1. The van der Waals surface area contributed by atoms with Gasteiger partial charge in [-0.15, -0.1) is 0 Å². The van der Waals surface area contributed by atoms with Crippen molar-refractivity contribution in [2.24, 2.45) is 11.7 Å². The van der Waals surface area contributed by atoms with Gasteiger partial charge in [-0.25, -0.2) is 0 Å². The van der Waals surface area contributed by atoms with Gasteiger partial charge in [0.15, 0.2) is 0 Å². The van der Waals surface area contributed by atoms with Gasteiger partial charge >= 0.3 is 11.8 Å². The van der Waals surface area contributed by atoms with E-state index in [0.29, 0.717) is 12.5 Å². The van der Waals surface area contributed by atoms with Crippen molar-refractivity contribution in [2.45, 2.75) is 19.8 Å². The predicted octanol–water partition coefficient (Wildman–Crippen LogP) is -0.763. The Morgan fingerprint density at radius 3 is 2.42 bits per heavy atom. The van der Waals surface area contributed by atoms with Crippen LogP contribution >= 0.6 is 12.2 Å². The third kappa shape index (κ3) is 6.49. The Labute approximate surface area is 119 Å². The maximum atomic E-state index is 11.5. The van der Waals surface area contributed by atoms with Crippen LogP contribution in [0.25, 0.3) is 0 Å². The van der Waals surface area contributed by atoms with Gasteiger partial charge in [-0.05, 0) is 31.8 Å². The second kappa shape index (κ2) is 8.06. The lowest BCUT2D eigenvalue weighted by atomic mass is 10.1. The third-order valence-corrected chi connectivity index (χ3v) is 3.15. The topological polar surface area (TPSA) is 87.5 Å². The summed E-state index contributed by atoms with van der Waals surface area (Å²) in [6, 6.07) is 0. The summed E-state index contributed by atoms with van der Waals surface area (Å²) in [5.74, 6) is -1.00. The smallest absolute Gasteiger partial charge is 0.309 e. The van der Waals surface area contributed by atoms with Crippen LogP contribution in [-0.2, 0) is 9.59 Å². The molecular formula is C12H22N4O2S. The van der Waals surface area contributed by atoms with Crippen LogP contribution < -0.4 is 16.4 Å². The molecule has 1 aliphatic heterocycles. The van der Waals surface area contributed by atoms with E-state index in [0.717, 1.165) is 19.6 Å². The molecule has 1 unspecified atom stereocenters. The lowest BCUT2D eigenvalue weighted by Crippen LogP contribution is -2.44. The average Bonchev–Trinajstić information content (AvgIpc) is 2.85. The van der Waals surface area contributed by atoms with E-state index < -0.39 is 11.8 Å². The minimum atomic E-state index is -0.693. The summed E-state index contributed by atoms with van der Waals surface area (Å²) >= 11 is 4.61. The summed E-state index contributed by atoms with van der Waals surface area (Å²) in [4.78, 5) is 25.4. The molecule has 6 nitrogen and oxygen atoms in total. The van der Waals surface area contributed by atoms with Gasteiger partial charge < -0.3 is 21.3 Å². The predicted molar refractivity (Wildman–Crippen MR) is 77.6 cm³/mol. The molecule has 1 aliphatic rings. The fourth-order valence-electron chi connectivity index (χ4n) is 2.07. The number of hydrogen-bond donors (Lipinski definition) is 3. The lowest BCUT2D eigenvalue weighted by molar-refractivity contribution is -0.139. The number of nitrogens with one attached hydrogen (secondary N) is 2. The number of carbonyl (C=O) groups excluding carboxylic acids is 2. The Morgan fingerprint density at radius 1 is 1.26 bits per heavy atom. The molecule has 0 aromatic carbocycles. The van der Waals surface area contributed by atoms with Crippen molar-refractivity contribution in [3.05, 3.63) is 0 Å². The van der Waals surface area contributed by atoms with Crippen LogP contribution in [0.1, 0.15) is 19.8 Å². The second-order valence-electron chi connectivity index (χ2n) is 4.97. The first-order valence-corrected chi connectivity index (χ1v) is 6.96. The number of nitrogens with zero attached hydrogens (tertiary/aromatic N) is 1. The van der Waals surface area contributed by atoms with Gasteiger partial charge in [-0.2, -0.15) is 0 Å². The molecule has 1 fully saturated rings. The number of amides is 2. The van der Waals surface area contributed by atoms with Gasteiger partial charge in [0.05, 0.1) is 11.5 Å². The van der Waals surface area contributed by atoms with Crippen LogP contribution in [0.15, 0.2) is 0 Å². The molecule has 1 atom stereocenters. The quantitative estimate of drug-likeness (QED) is 0.441. The van der Waals surface area contributed by atoms with E-state index in [1.807, 2.05) is 0 Å². The molecule has 7 heteroatoms. The van der Waals surface area contributed by atoms with E-state index in [-0.39, 0.29) is 11.5 Å². The molecule has 1 saturated heterocycles. The molecule has 108 valence electrons. The Bertz CT molecular complexity index is 343. The summed E-state index contributed by atoms with van der Waals surface area (Å²) < 4.78 is 0. The Kier molecular flexibility index (Phi) is 6.72. The first-order chi connectivity index (χ1) is 8.99. The van der Waals surface area contributed by atoms with Gasteiger partial charge in [0.25, 0.3) is 0 Å². The van der Waals surface area contributed by atoms with Crippen LogP contribution in [-0.4, -0.2) is 54.4 Å². The molecule has 1 heterocycles. The van der Waals surface area contributed by atoms with Crippen LogP contribution in [0.2, 0.25) is 0 Å². The fourth-order valence-corrected chi connectivity index (χ4v) is 2.14. The third-order valence-electron chi connectivity index (χ3n) is 3.01. The Morgan fingerprint density at radius 2 is 1.84 bits per heavy atom. The summed E-state index contributed by atoms with van der Waals surface area (Å²) in [6.07, 6.45) is 2.50. The molecule has 0 aliphatic carbocycles. The highest BCUT2D eigenvalue weighted by molar-refractivity contribution is 7.80. The van der Waals surface area contributed by atoms with Crippen molar-refractivity contribution in [1.82, 2.24) is 15.5 Å². The molecule has 0 bridgehead atoms. The van der Waals surface area contributed by atoms with Crippen LogP contribution in [0.5, 0.6) is 0 Å². The lowest BCUT2D eigenvalue weighted by Gasteiger charge is -2.20. The van der Waals surface area contributed by atoms with Gasteiger partial charge in [0.2, 0.25) is 0 Å². The van der Waals surface area contributed by atoms with E-state index in [2.05, 4.69) is 34.7 Å². The molecule has 19 heavy (non-hydrogen) atoms. The van der Waals surface area contributed by atoms with Crippen LogP contribution in [0.4, 0.5) is 0 Å². The van der Waals surface area contributed by atoms with Gasteiger partial charge in [0.1, 0.15) is 0 Å². The van der Waals surface area contributed by atoms with Gasteiger partial charge in [0, 0.05) is 13.1 Å². The largest absolute Gasteiger partial charge is 0.392 e. The molecule has 1 rings (SSSR count). The SMILES string of the molecule is CC(CNC(=O)C(=O)NCC(N)=S)CN1CCCC1. The summed E-state index contributed by atoms with van der Waals surface area (Å²) in [7, 11) is 0. The Hall–Kier alpha value is -1.21. The van der Waals surface area contributed by atoms with Crippen molar-refractivity contribution in [3.8, 4) is 0 Å². The molecule has 0 spiro atoms. The number of likely N-dealkylation sites (tertiary alicyclic amines) is 1. The van der Waals surface area contributed by atoms with Crippen molar-refractivity contribution in [2.75, 3.05) is 32.7 Å². The Balaban J connectivity index is 2.17. The van der Waals surface area contributed by atoms with E-state index in [1.165, 1.54) is 12.8 Å². The average molecular weight is 286 g/mol.